The van der Waals surface area contributed by atoms with Crippen molar-refractivity contribution < 1.29 is 13.5 Å². The first-order valence-corrected chi connectivity index (χ1v) is 8.35. The van der Waals surface area contributed by atoms with Crippen LogP contribution in [-0.2, 0) is 10.0 Å². The summed E-state index contributed by atoms with van der Waals surface area (Å²) < 4.78 is 27.8. The van der Waals surface area contributed by atoms with Crippen LogP contribution < -0.4 is 10.5 Å². The third-order valence-electron chi connectivity index (χ3n) is 3.99. The normalized spacial score (nSPS) is 23.8. The lowest BCUT2D eigenvalue weighted by Gasteiger charge is -2.26. The lowest BCUT2D eigenvalue weighted by atomic mass is 9.94. The van der Waals surface area contributed by atoms with Crippen molar-refractivity contribution in [1.82, 2.24) is 4.72 Å². The minimum absolute atomic E-state index is 0.122. The van der Waals surface area contributed by atoms with Crippen LogP contribution in [0.5, 0.6) is 0 Å². The van der Waals surface area contributed by atoms with Crippen LogP contribution in [-0.4, -0.2) is 25.7 Å². The smallest absolute Gasteiger partial charge is 0.243 e. The van der Waals surface area contributed by atoms with Crippen molar-refractivity contribution in [1.29, 1.82) is 0 Å². The predicted molar refractivity (Wildman–Crippen MR) is 78.9 cm³/mol. The van der Waals surface area contributed by atoms with E-state index in [0.29, 0.717) is 31.2 Å². The SMILES string of the molecule is Cc1ccc(N)c(S(=O)(=O)NC2CCC(O)CC2)c1C. The van der Waals surface area contributed by atoms with Gasteiger partial charge in [-0.05, 0) is 56.7 Å². The lowest BCUT2D eigenvalue weighted by molar-refractivity contribution is 0.120. The topological polar surface area (TPSA) is 92.4 Å². The van der Waals surface area contributed by atoms with Gasteiger partial charge in [-0.3, -0.25) is 0 Å². The predicted octanol–water partition coefficient (Wildman–Crippen LogP) is 1.47. The van der Waals surface area contributed by atoms with Gasteiger partial charge in [0.1, 0.15) is 4.90 Å². The minimum atomic E-state index is -3.62. The Balaban J connectivity index is 2.25. The Bertz CT molecular complexity index is 591. The standard InChI is InChI=1S/C14H22N2O3S/c1-9-3-8-13(15)14(10(9)2)20(18,19)16-11-4-6-12(17)7-5-11/h3,8,11-12,16-17H,4-7,15H2,1-2H3. The number of hydrogen-bond donors (Lipinski definition) is 3. The third-order valence-corrected chi connectivity index (χ3v) is 5.72. The van der Waals surface area contributed by atoms with Gasteiger partial charge in [0, 0.05) is 6.04 Å². The molecule has 1 aromatic rings. The van der Waals surface area contributed by atoms with Gasteiger partial charge in [0.2, 0.25) is 10.0 Å². The average molecular weight is 298 g/mol. The number of hydrogen-bond acceptors (Lipinski definition) is 4. The summed E-state index contributed by atoms with van der Waals surface area (Å²) in [5.74, 6) is 0. The van der Waals surface area contributed by atoms with Gasteiger partial charge in [-0.1, -0.05) is 6.07 Å². The first kappa shape index (κ1) is 15.3. The molecule has 0 radical (unpaired) electrons. The lowest BCUT2D eigenvalue weighted by Crippen LogP contribution is -2.39. The maximum absolute atomic E-state index is 12.5. The minimum Gasteiger partial charge on any atom is -0.398 e. The van der Waals surface area contributed by atoms with Crippen molar-refractivity contribution in [3.8, 4) is 0 Å². The van der Waals surface area contributed by atoms with Gasteiger partial charge in [-0.2, -0.15) is 0 Å². The first-order chi connectivity index (χ1) is 9.31. The fourth-order valence-corrected chi connectivity index (χ4v) is 4.37. The Morgan fingerprint density at radius 2 is 1.80 bits per heavy atom. The highest BCUT2D eigenvalue weighted by atomic mass is 32.2. The number of nitrogens with two attached hydrogens (primary N) is 1. The maximum atomic E-state index is 12.5. The molecule has 0 amide bonds. The molecule has 0 aliphatic heterocycles. The number of aryl methyl sites for hydroxylation is 1. The zero-order valence-corrected chi connectivity index (χ0v) is 12.7. The molecule has 0 heterocycles. The molecule has 1 fully saturated rings. The van der Waals surface area contributed by atoms with Crippen LogP contribution in [0, 0.1) is 13.8 Å². The molecule has 6 heteroatoms. The molecule has 112 valence electrons. The number of anilines is 1. The highest BCUT2D eigenvalue weighted by Gasteiger charge is 2.27. The van der Waals surface area contributed by atoms with Crippen molar-refractivity contribution in [2.75, 3.05) is 5.73 Å². The molecule has 20 heavy (non-hydrogen) atoms. The summed E-state index contributed by atoms with van der Waals surface area (Å²) in [6.45, 7) is 3.63. The molecule has 1 aliphatic rings. The summed E-state index contributed by atoms with van der Waals surface area (Å²) >= 11 is 0. The van der Waals surface area contributed by atoms with Crippen molar-refractivity contribution >= 4 is 15.7 Å². The van der Waals surface area contributed by atoms with E-state index in [0.717, 1.165) is 5.56 Å². The van der Waals surface area contributed by atoms with Crippen molar-refractivity contribution in [3.63, 3.8) is 0 Å². The molecule has 2 rings (SSSR count). The van der Waals surface area contributed by atoms with E-state index in [1.807, 2.05) is 13.0 Å². The maximum Gasteiger partial charge on any atom is 0.243 e. The quantitative estimate of drug-likeness (QED) is 0.737. The fourth-order valence-electron chi connectivity index (χ4n) is 2.64. The number of rotatable bonds is 3. The summed E-state index contributed by atoms with van der Waals surface area (Å²) in [5.41, 5.74) is 7.71. The molecule has 0 saturated heterocycles. The molecule has 0 unspecified atom stereocenters. The van der Waals surface area contributed by atoms with E-state index >= 15 is 0 Å². The molecule has 0 aromatic heterocycles. The Labute approximate surface area is 120 Å². The van der Waals surface area contributed by atoms with E-state index in [2.05, 4.69) is 4.72 Å². The van der Waals surface area contributed by atoms with Gasteiger partial charge in [-0.25, -0.2) is 13.1 Å². The largest absolute Gasteiger partial charge is 0.398 e. The summed E-state index contributed by atoms with van der Waals surface area (Å²) in [5, 5.41) is 9.47. The Morgan fingerprint density at radius 1 is 1.20 bits per heavy atom. The van der Waals surface area contributed by atoms with Crippen LogP contribution >= 0.6 is 0 Å². The van der Waals surface area contributed by atoms with Crippen LogP contribution in [0.15, 0.2) is 17.0 Å². The number of nitrogen functional groups attached to an aromatic ring is 1. The Hall–Kier alpha value is -1.11. The molecule has 1 saturated carbocycles. The molecule has 1 aromatic carbocycles. The third kappa shape index (κ3) is 3.13. The number of aliphatic hydroxyl groups excluding tert-OH is 1. The van der Waals surface area contributed by atoms with Gasteiger partial charge < -0.3 is 10.8 Å². The van der Waals surface area contributed by atoms with E-state index < -0.39 is 10.0 Å². The van der Waals surface area contributed by atoms with Crippen LogP contribution in [0.2, 0.25) is 0 Å². The van der Waals surface area contributed by atoms with Crippen molar-refractivity contribution in [3.05, 3.63) is 23.3 Å². The van der Waals surface area contributed by atoms with Crippen LogP contribution in [0.1, 0.15) is 36.8 Å². The Morgan fingerprint density at radius 3 is 2.40 bits per heavy atom. The zero-order valence-electron chi connectivity index (χ0n) is 11.9. The molecule has 1 aliphatic carbocycles. The second kappa shape index (κ2) is 5.71. The van der Waals surface area contributed by atoms with Crippen molar-refractivity contribution in [2.24, 2.45) is 0 Å². The summed E-state index contributed by atoms with van der Waals surface area (Å²) in [4.78, 5) is 0.184. The first-order valence-electron chi connectivity index (χ1n) is 6.87. The van der Waals surface area contributed by atoms with Gasteiger partial charge >= 0.3 is 0 Å². The van der Waals surface area contributed by atoms with Crippen LogP contribution in [0.4, 0.5) is 5.69 Å². The van der Waals surface area contributed by atoms with Gasteiger partial charge in [0.25, 0.3) is 0 Å². The number of sulfonamides is 1. The molecule has 4 N–H and O–H groups in total. The summed E-state index contributed by atoms with van der Waals surface area (Å²) in [6.07, 6.45) is 2.28. The second-order valence-electron chi connectivity index (χ2n) is 5.55. The van der Waals surface area contributed by atoms with Crippen molar-refractivity contribution in [2.45, 2.75) is 56.6 Å². The van der Waals surface area contributed by atoms with Gasteiger partial charge in [-0.15, -0.1) is 0 Å². The van der Waals surface area contributed by atoms with E-state index in [-0.39, 0.29) is 22.7 Å². The number of aliphatic hydroxyl groups is 1. The number of benzene rings is 1. The monoisotopic (exact) mass is 298 g/mol. The van der Waals surface area contributed by atoms with Crippen LogP contribution in [0.25, 0.3) is 0 Å². The summed E-state index contributed by atoms with van der Waals surface area (Å²) in [7, 11) is -3.62. The molecule has 0 spiro atoms. The molecular weight excluding hydrogens is 276 g/mol. The summed E-state index contributed by atoms with van der Waals surface area (Å²) in [6, 6.07) is 3.32. The molecular formula is C14H22N2O3S. The average Bonchev–Trinajstić information content (AvgIpc) is 2.37. The van der Waals surface area contributed by atoms with Gasteiger partial charge in [0.15, 0.2) is 0 Å². The van der Waals surface area contributed by atoms with Gasteiger partial charge in [0.05, 0.1) is 11.8 Å². The fraction of sp³-hybridized carbons (Fsp3) is 0.571. The highest BCUT2D eigenvalue weighted by molar-refractivity contribution is 7.89. The van der Waals surface area contributed by atoms with Crippen LogP contribution in [0.3, 0.4) is 0 Å². The zero-order chi connectivity index (χ0) is 14.9. The van der Waals surface area contributed by atoms with E-state index in [1.165, 1.54) is 0 Å². The Kier molecular flexibility index (Phi) is 4.36. The van der Waals surface area contributed by atoms with E-state index in [9.17, 15) is 13.5 Å². The van der Waals surface area contributed by atoms with E-state index in [1.54, 1.807) is 13.0 Å². The molecule has 0 bridgehead atoms. The molecule has 0 atom stereocenters. The number of nitrogens with one attached hydrogen (secondary N) is 1. The highest BCUT2D eigenvalue weighted by Crippen LogP contribution is 2.27. The second-order valence-corrected chi connectivity index (χ2v) is 7.20. The van der Waals surface area contributed by atoms with E-state index in [4.69, 9.17) is 5.73 Å². The molecule has 5 nitrogen and oxygen atoms in total.